The average molecular weight is 195 g/mol. The third-order valence-corrected chi connectivity index (χ3v) is 3.20. The van der Waals surface area contributed by atoms with E-state index in [4.69, 9.17) is 11.6 Å². The van der Waals surface area contributed by atoms with Gasteiger partial charge in [-0.2, -0.15) is 0 Å². The van der Waals surface area contributed by atoms with Crippen molar-refractivity contribution in [2.75, 3.05) is 0 Å². The Labute approximate surface area is 82.7 Å². The van der Waals surface area contributed by atoms with Gasteiger partial charge in [0.1, 0.15) is 5.78 Å². The van der Waals surface area contributed by atoms with Crippen molar-refractivity contribution in [2.24, 2.45) is 0 Å². The molecule has 1 atom stereocenters. The van der Waals surface area contributed by atoms with Crippen molar-refractivity contribution in [1.82, 2.24) is 0 Å². The van der Waals surface area contributed by atoms with Crippen LogP contribution in [-0.2, 0) is 10.2 Å². The SMILES string of the molecule is CC1(c2ccc(Cl)cc2)CCC1=O. The normalized spacial score (nSPS) is 27.1. The first-order valence-corrected chi connectivity index (χ1v) is 4.80. The largest absolute Gasteiger partial charge is 0.299 e. The predicted molar refractivity (Wildman–Crippen MR) is 53.0 cm³/mol. The van der Waals surface area contributed by atoms with Gasteiger partial charge in [0.15, 0.2) is 0 Å². The standard InChI is InChI=1S/C11H11ClO/c1-11(7-6-10(11)13)8-2-4-9(12)5-3-8/h2-5H,6-7H2,1H3. The quantitative estimate of drug-likeness (QED) is 0.672. The summed E-state index contributed by atoms with van der Waals surface area (Å²) < 4.78 is 0. The van der Waals surface area contributed by atoms with Crippen molar-refractivity contribution in [3.05, 3.63) is 34.9 Å². The van der Waals surface area contributed by atoms with Crippen LogP contribution < -0.4 is 0 Å². The molecule has 1 aliphatic carbocycles. The number of rotatable bonds is 1. The molecule has 0 N–H and O–H groups in total. The molecule has 0 spiro atoms. The maximum absolute atomic E-state index is 11.4. The molecule has 1 aromatic rings. The van der Waals surface area contributed by atoms with Gasteiger partial charge in [0.05, 0.1) is 5.41 Å². The molecule has 1 saturated carbocycles. The lowest BCUT2D eigenvalue weighted by Gasteiger charge is -2.36. The first kappa shape index (κ1) is 8.76. The van der Waals surface area contributed by atoms with Crippen LogP contribution in [-0.4, -0.2) is 5.78 Å². The molecule has 68 valence electrons. The summed E-state index contributed by atoms with van der Waals surface area (Å²) in [5.74, 6) is 0.342. The van der Waals surface area contributed by atoms with Gasteiger partial charge >= 0.3 is 0 Å². The third-order valence-electron chi connectivity index (χ3n) is 2.95. The van der Waals surface area contributed by atoms with Crippen molar-refractivity contribution in [3.63, 3.8) is 0 Å². The van der Waals surface area contributed by atoms with E-state index >= 15 is 0 Å². The Morgan fingerprint density at radius 3 is 2.31 bits per heavy atom. The molecular formula is C11H11ClO. The minimum absolute atomic E-state index is 0.232. The number of Topliss-reactive ketones (excluding diaryl/α,β-unsaturated/α-hetero) is 1. The van der Waals surface area contributed by atoms with Gasteiger partial charge < -0.3 is 0 Å². The number of carbonyl (C=O) groups is 1. The van der Waals surface area contributed by atoms with Crippen molar-refractivity contribution in [1.29, 1.82) is 0 Å². The lowest BCUT2D eigenvalue weighted by Crippen LogP contribution is -2.41. The van der Waals surface area contributed by atoms with E-state index in [1.807, 2.05) is 31.2 Å². The Bertz CT molecular complexity index is 342. The zero-order valence-corrected chi connectivity index (χ0v) is 8.27. The maximum atomic E-state index is 11.4. The summed E-state index contributed by atoms with van der Waals surface area (Å²) >= 11 is 5.77. The fourth-order valence-corrected chi connectivity index (χ4v) is 1.85. The van der Waals surface area contributed by atoms with Gasteiger partial charge in [-0.15, -0.1) is 0 Å². The van der Waals surface area contributed by atoms with Crippen LogP contribution in [0.15, 0.2) is 24.3 Å². The zero-order valence-electron chi connectivity index (χ0n) is 7.51. The Hall–Kier alpha value is -0.820. The van der Waals surface area contributed by atoms with Crippen LogP contribution >= 0.6 is 11.6 Å². The first-order valence-electron chi connectivity index (χ1n) is 4.42. The first-order chi connectivity index (χ1) is 6.13. The van der Waals surface area contributed by atoms with Crippen LogP contribution in [0.25, 0.3) is 0 Å². The van der Waals surface area contributed by atoms with Gasteiger partial charge in [0.25, 0.3) is 0 Å². The van der Waals surface area contributed by atoms with E-state index in [1.165, 1.54) is 0 Å². The Kier molecular flexibility index (Phi) is 1.92. The summed E-state index contributed by atoms with van der Waals surface area (Å²) in [6, 6.07) is 7.57. The van der Waals surface area contributed by atoms with Crippen molar-refractivity contribution < 1.29 is 4.79 Å². The second kappa shape index (κ2) is 2.85. The molecule has 0 bridgehead atoms. The van der Waals surface area contributed by atoms with Crippen LogP contribution in [0.5, 0.6) is 0 Å². The maximum Gasteiger partial charge on any atom is 0.143 e. The van der Waals surface area contributed by atoms with Gasteiger partial charge in [-0.05, 0) is 31.0 Å². The molecular weight excluding hydrogens is 184 g/mol. The van der Waals surface area contributed by atoms with E-state index in [9.17, 15) is 4.79 Å². The highest BCUT2D eigenvalue weighted by atomic mass is 35.5. The topological polar surface area (TPSA) is 17.1 Å². The third kappa shape index (κ3) is 1.28. The molecule has 1 aliphatic rings. The number of hydrogen-bond acceptors (Lipinski definition) is 1. The smallest absolute Gasteiger partial charge is 0.143 e. The molecule has 1 nitrogen and oxygen atoms in total. The summed E-state index contributed by atoms with van der Waals surface area (Å²) in [6.45, 7) is 2.00. The van der Waals surface area contributed by atoms with Crippen LogP contribution in [0.2, 0.25) is 5.02 Å². The van der Waals surface area contributed by atoms with E-state index in [1.54, 1.807) is 0 Å². The van der Waals surface area contributed by atoms with Gasteiger partial charge in [0, 0.05) is 11.4 Å². The highest BCUT2D eigenvalue weighted by Crippen LogP contribution is 2.39. The lowest BCUT2D eigenvalue weighted by atomic mass is 9.65. The number of halogens is 1. The number of carbonyl (C=O) groups excluding carboxylic acids is 1. The van der Waals surface area contributed by atoms with Crippen LogP contribution in [0, 0.1) is 0 Å². The second-order valence-corrected chi connectivity index (χ2v) is 4.20. The van der Waals surface area contributed by atoms with Crippen molar-refractivity contribution in [2.45, 2.75) is 25.2 Å². The molecule has 0 aromatic heterocycles. The zero-order chi connectivity index (χ0) is 9.47. The van der Waals surface area contributed by atoms with E-state index in [0.717, 1.165) is 23.4 Å². The summed E-state index contributed by atoms with van der Waals surface area (Å²) in [7, 11) is 0. The molecule has 1 fully saturated rings. The van der Waals surface area contributed by atoms with Crippen LogP contribution in [0.1, 0.15) is 25.3 Å². The highest BCUT2D eigenvalue weighted by molar-refractivity contribution is 6.30. The monoisotopic (exact) mass is 194 g/mol. The van der Waals surface area contributed by atoms with E-state index in [0.29, 0.717) is 5.78 Å². The highest BCUT2D eigenvalue weighted by Gasteiger charge is 2.42. The number of ketones is 1. The molecule has 0 heterocycles. The van der Waals surface area contributed by atoms with Crippen LogP contribution in [0.4, 0.5) is 0 Å². The molecule has 0 radical (unpaired) electrons. The molecule has 13 heavy (non-hydrogen) atoms. The summed E-state index contributed by atoms with van der Waals surface area (Å²) in [6.07, 6.45) is 1.69. The molecule has 0 saturated heterocycles. The second-order valence-electron chi connectivity index (χ2n) is 3.76. The molecule has 0 aliphatic heterocycles. The Morgan fingerprint density at radius 2 is 1.92 bits per heavy atom. The molecule has 2 rings (SSSR count). The number of hydrogen-bond donors (Lipinski definition) is 0. The Balaban J connectivity index is 2.35. The van der Waals surface area contributed by atoms with E-state index in [2.05, 4.69) is 0 Å². The summed E-state index contributed by atoms with van der Waals surface area (Å²) in [5, 5.41) is 0.721. The fourth-order valence-electron chi connectivity index (χ4n) is 1.73. The van der Waals surface area contributed by atoms with Crippen molar-refractivity contribution in [3.8, 4) is 0 Å². The fraction of sp³-hybridized carbons (Fsp3) is 0.364. The minimum atomic E-state index is -0.232. The van der Waals surface area contributed by atoms with Gasteiger partial charge in [-0.25, -0.2) is 0 Å². The number of benzene rings is 1. The van der Waals surface area contributed by atoms with E-state index < -0.39 is 0 Å². The molecule has 1 aromatic carbocycles. The molecule has 0 amide bonds. The lowest BCUT2D eigenvalue weighted by molar-refractivity contribution is -0.130. The average Bonchev–Trinajstić information content (AvgIpc) is 2.15. The summed E-state index contributed by atoms with van der Waals surface area (Å²) in [4.78, 5) is 11.4. The molecule has 2 heteroatoms. The van der Waals surface area contributed by atoms with Gasteiger partial charge in [0.2, 0.25) is 0 Å². The van der Waals surface area contributed by atoms with Crippen molar-refractivity contribution >= 4 is 17.4 Å². The Morgan fingerprint density at radius 1 is 1.31 bits per heavy atom. The van der Waals surface area contributed by atoms with E-state index in [-0.39, 0.29) is 5.41 Å². The molecule has 1 unspecified atom stereocenters. The minimum Gasteiger partial charge on any atom is -0.299 e. The van der Waals surface area contributed by atoms with Crippen LogP contribution in [0.3, 0.4) is 0 Å². The van der Waals surface area contributed by atoms with Gasteiger partial charge in [-0.3, -0.25) is 4.79 Å². The predicted octanol–water partition coefficient (Wildman–Crippen LogP) is 2.96. The summed E-state index contributed by atoms with van der Waals surface area (Å²) in [5.41, 5.74) is 0.859. The van der Waals surface area contributed by atoms with Gasteiger partial charge in [-0.1, -0.05) is 23.7 Å².